The molecule has 29 heavy (non-hydrogen) atoms. The predicted octanol–water partition coefficient (Wildman–Crippen LogP) is 3.19. The number of nitrogens with one attached hydrogen (secondary N) is 2. The molecule has 1 aliphatic heterocycles. The standard InChI is InChI=1S/C19H28F3N3O3.HI/c1-3-23-17(25-13-18(2)9-4-10-28-18)24-11-15(26)12-27-16-7-5-14(6-8-16)19(20,21)22;/h5-8,15,26H,3-4,9-13H2,1-2H3,(H2,23,24,25);1H. The molecule has 166 valence electrons. The third-order valence-corrected chi connectivity index (χ3v) is 4.35. The van der Waals surface area contributed by atoms with E-state index in [0.29, 0.717) is 19.0 Å². The second-order valence-electron chi connectivity index (χ2n) is 6.96. The zero-order valence-electron chi connectivity index (χ0n) is 16.6. The molecular formula is C19H29F3IN3O3. The first kappa shape index (κ1) is 25.8. The molecule has 1 heterocycles. The first-order valence-electron chi connectivity index (χ1n) is 9.36. The lowest BCUT2D eigenvalue weighted by molar-refractivity contribution is -0.137. The number of nitrogens with zero attached hydrogens (tertiary/aromatic N) is 1. The normalized spacial score (nSPS) is 20.7. The van der Waals surface area contributed by atoms with Crippen molar-refractivity contribution in [2.45, 2.75) is 44.6 Å². The Morgan fingerprint density at radius 2 is 2.00 bits per heavy atom. The summed E-state index contributed by atoms with van der Waals surface area (Å²) in [6.07, 6.45) is -3.26. The van der Waals surface area contributed by atoms with Crippen molar-refractivity contribution in [3.05, 3.63) is 29.8 Å². The fourth-order valence-corrected chi connectivity index (χ4v) is 2.76. The summed E-state index contributed by atoms with van der Waals surface area (Å²) in [7, 11) is 0. The second-order valence-corrected chi connectivity index (χ2v) is 6.96. The molecule has 0 radical (unpaired) electrons. The molecule has 3 N–H and O–H groups in total. The first-order chi connectivity index (χ1) is 13.2. The maximum Gasteiger partial charge on any atom is 0.416 e. The summed E-state index contributed by atoms with van der Waals surface area (Å²) in [6, 6.07) is 4.36. The molecular weight excluding hydrogens is 502 g/mol. The van der Waals surface area contributed by atoms with Crippen LogP contribution in [0.3, 0.4) is 0 Å². The van der Waals surface area contributed by atoms with Gasteiger partial charge in [0.25, 0.3) is 0 Å². The van der Waals surface area contributed by atoms with Gasteiger partial charge in [-0.25, -0.2) is 0 Å². The van der Waals surface area contributed by atoms with Gasteiger partial charge in [0.15, 0.2) is 5.96 Å². The zero-order valence-corrected chi connectivity index (χ0v) is 18.9. The predicted molar refractivity (Wildman–Crippen MR) is 116 cm³/mol. The Hall–Kier alpha value is -1.27. The van der Waals surface area contributed by atoms with Crippen molar-refractivity contribution < 1.29 is 27.8 Å². The summed E-state index contributed by atoms with van der Waals surface area (Å²) >= 11 is 0. The van der Waals surface area contributed by atoms with Crippen LogP contribution in [0, 0.1) is 0 Å². The highest BCUT2D eigenvalue weighted by Crippen LogP contribution is 2.30. The van der Waals surface area contributed by atoms with Crippen molar-refractivity contribution in [2.24, 2.45) is 4.99 Å². The quantitative estimate of drug-likeness (QED) is 0.273. The Kier molecular flexibility index (Phi) is 10.5. The van der Waals surface area contributed by atoms with Gasteiger partial charge in [0, 0.05) is 19.7 Å². The van der Waals surface area contributed by atoms with Crippen LogP contribution in [0.15, 0.2) is 29.3 Å². The van der Waals surface area contributed by atoms with Crippen LogP contribution in [-0.2, 0) is 10.9 Å². The van der Waals surface area contributed by atoms with Crippen LogP contribution < -0.4 is 15.4 Å². The molecule has 0 spiro atoms. The van der Waals surface area contributed by atoms with Gasteiger partial charge in [0.1, 0.15) is 18.5 Å². The van der Waals surface area contributed by atoms with E-state index >= 15 is 0 Å². The number of aliphatic imine (C=N–C) groups is 1. The van der Waals surface area contributed by atoms with Crippen molar-refractivity contribution in [3.8, 4) is 5.75 Å². The monoisotopic (exact) mass is 531 g/mol. The Labute approximate surface area is 186 Å². The van der Waals surface area contributed by atoms with E-state index in [4.69, 9.17) is 9.47 Å². The maximum atomic E-state index is 12.5. The molecule has 0 bridgehead atoms. The number of ether oxygens (including phenoxy) is 2. The molecule has 2 rings (SSSR count). The largest absolute Gasteiger partial charge is 0.491 e. The Morgan fingerprint density at radius 3 is 2.55 bits per heavy atom. The summed E-state index contributed by atoms with van der Waals surface area (Å²) in [6.45, 7) is 6.02. The van der Waals surface area contributed by atoms with Gasteiger partial charge < -0.3 is 25.2 Å². The molecule has 0 aliphatic carbocycles. The average Bonchev–Trinajstić information content (AvgIpc) is 3.09. The summed E-state index contributed by atoms with van der Waals surface area (Å²) < 4.78 is 48.7. The lowest BCUT2D eigenvalue weighted by Gasteiger charge is -2.22. The van der Waals surface area contributed by atoms with E-state index in [1.165, 1.54) is 12.1 Å². The van der Waals surface area contributed by atoms with Gasteiger partial charge in [-0.05, 0) is 51.0 Å². The number of alkyl halides is 3. The molecule has 1 aliphatic rings. The van der Waals surface area contributed by atoms with Gasteiger partial charge in [-0.1, -0.05) is 0 Å². The summed E-state index contributed by atoms with van der Waals surface area (Å²) in [5, 5.41) is 16.2. The topological polar surface area (TPSA) is 75.1 Å². The van der Waals surface area contributed by atoms with Crippen LogP contribution in [-0.4, -0.2) is 55.6 Å². The highest BCUT2D eigenvalue weighted by Gasteiger charge is 2.30. The van der Waals surface area contributed by atoms with E-state index in [1.807, 2.05) is 13.8 Å². The third kappa shape index (κ3) is 8.95. The highest BCUT2D eigenvalue weighted by molar-refractivity contribution is 14.0. The Balaban J connectivity index is 0.00000420. The minimum atomic E-state index is -4.38. The van der Waals surface area contributed by atoms with Gasteiger partial charge in [0.2, 0.25) is 0 Å². The molecule has 0 aromatic heterocycles. The second kappa shape index (κ2) is 11.8. The van der Waals surface area contributed by atoms with E-state index in [0.717, 1.165) is 31.6 Å². The Bertz CT molecular complexity index is 636. The van der Waals surface area contributed by atoms with Gasteiger partial charge in [0.05, 0.1) is 17.7 Å². The number of guanidine groups is 1. The SMILES string of the molecule is CCNC(=NCC1(C)CCCO1)NCC(O)COc1ccc(C(F)(F)F)cc1.I. The van der Waals surface area contributed by atoms with E-state index in [1.54, 1.807) is 0 Å². The summed E-state index contributed by atoms with van der Waals surface area (Å²) in [5.41, 5.74) is -0.999. The molecule has 0 amide bonds. The lowest BCUT2D eigenvalue weighted by atomic mass is 10.0. The number of halogens is 4. The van der Waals surface area contributed by atoms with Crippen molar-refractivity contribution >= 4 is 29.9 Å². The van der Waals surface area contributed by atoms with E-state index in [2.05, 4.69) is 15.6 Å². The third-order valence-electron chi connectivity index (χ3n) is 4.35. The fraction of sp³-hybridized carbons (Fsp3) is 0.632. The van der Waals surface area contributed by atoms with Crippen LogP contribution >= 0.6 is 24.0 Å². The van der Waals surface area contributed by atoms with E-state index in [9.17, 15) is 18.3 Å². The number of benzene rings is 1. The van der Waals surface area contributed by atoms with E-state index in [-0.39, 0.29) is 48.5 Å². The first-order valence-corrected chi connectivity index (χ1v) is 9.36. The van der Waals surface area contributed by atoms with Crippen LogP contribution in [0.5, 0.6) is 5.75 Å². The number of hydrogen-bond acceptors (Lipinski definition) is 4. The van der Waals surface area contributed by atoms with Gasteiger partial charge >= 0.3 is 6.18 Å². The molecule has 10 heteroatoms. The van der Waals surface area contributed by atoms with Gasteiger partial charge in [-0.15, -0.1) is 24.0 Å². The van der Waals surface area contributed by atoms with Crippen LogP contribution in [0.1, 0.15) is 32.3 Å². The molecule has 1 fully saturated rings. The van der Waals surface area contributed by atoms with Crippen molar-refractivity contribution in [1.82, 2.24) is 10.6 Å². The number of aliphatic hydroxyl groups excluding tert-OH is 1. The molecule has 1 aromatic rings. The molecule has 1 saturated heterocycles. The van der Waals surface area contributed by atoms with Gasteiger partial charge in [-0.2, -0.15) is 13.2 Å². The van der Waals surface area contributed by atoms with Crippen LogP contribution in [0.25, 0.3) is 0 Å². The molecule has 6 nitrogen and oxygen atoms in total. The molecule has 2 unspecified atom stereocenters. The van der Waals surface area contributed by atoms with Gasteiger partial charge in [-0.3, -0.25) is 4.99 Å². The summed E-state index contributed by atoms with van der Waals surface area (Å²) in [4.78, 5) is 4.50. The highest BCUT2D eigenvalue weighted by atomic mass is 127. The Morgan fingerprint density at radius 1 is 1.31 bits per heavy atom. The zero-order chi connectivity index (χ0) is 20.6. The smallest absolute Gasteiger partial charge is 0.416 e. The van der Waals surface area contributed by atoms with Crippen LogP contribution in [0.2, 0.25) is 0 Å². The maximum absolute atomic E-state index is 12.5. The number of hydrogen-bond donors (Lipinski definition) is 3. The molecule has 2 atom stereocenters. The van der Waals surface area contributed by atoms with Crippen molar-refractivity contribution in [3.63, 3.8) is 0 Å². The molecule has 1 aromatic carbocycles. The number of rotatable bonds is 8. The fourth-order valence-electron chi connectivity index (χ4n) is 2.76. The minimum Gasteiger partial charge on any atom is -0.491 e. The molecule has 0 saturated carbocycles. The van der Waals surface area contributed by atoms with E-state index < -0.39 is 17.8 Å². The van der Waals surface area contributed by atoms with Crippen molar-refractivity contribution in [1.29, 1.82) is 0 Å². The van der Waals surface area contributed by atoms with Crippen LogP contribution in [0.4, 0.5) is 13.2 Å². The number of aliphatic hydroxyl groups is 1. The summed E-state index contributed by atoms with van der Waals surface area (Å²) in [5.74, 6) is 0.826. The average molecular weight is 531 g/mol. The minimum absolute atomic E-state index is 0. The van der Waals surface area contributed by atoms with Crippen molar-refractivity contribution in [2.75, 3.05) is 32.8 Å². The lowest BCUT2D eigenvalue weighted by Crippen LogP contribution is -2.43.